The smallest absolute Gasteiger partial charge is 0.354 e. The zero-order chi connectivity index (χ0) is 19.6. The predicted octanol–water partition coefficient (Wildman–Crippen LogP) is 1.27. The monoisotopic (exact) mass is 388 g/mol. The van der Waals surface area contributed by atoms with E-state index in [4.69, 9.17) is 15.6 Å². The number of hydrazone groups is 1. The summed E-state index contributed by atoms with van der Waals surface area (Å²) in [6.07, 6.45) is 0.367. The average molecular weight is 388 g/mol. The van der Waals surface area contributed by atoms with E-state index in [2.05, 4.69) is 5.10 Å². The second-order valence-electron chi connectivity index (χ2n) is 6.09. The maximum atomic E-state index is 12.0. The number of primary sulfonamides is 1. The van der Waals surface area contributed by atoms with E-state index in [9.17, 15) is 13.2 Å². The minimum Gasteiger partial charge on any atom is -0.464 e. The van der Waals surface area contributed by atoms with Gasteiger partial charge in [-0.15, -0.1) is 0 Å². The number of anilines is 1. The van der Waals surface area contributed by atoms with Crippen LogP contribution in [-0.2, 0) is 26.1 Å². The summed E-state index contributed by atoms with van der Waals surface area (Å²) in [5, 5.41) is 11.2. The minimum absolute atomic E-state index is 0.00599. The quantitative estimate of drug-likeness (QED) is 0.743. The highest BCUT2D eigenvalue weighted by molar-refractivity contribution is 7.89. The molecule has 0 spiro atoms. The summed E-state index contributed by atoms with van der Waals surface area (Å²) in [5.74, 6) is -0.498. The third-order valence-corrected chi connectivity index (χ3v) is 5.29. The van der Waals surface area contributed by atoms with Crippen molar-refractivity contribution in [2.45, 2.75) is 23.9 Å². The van der Waals surface area contributed by atoms with Crippen LogP contribution in [0.25, 0.3) is 0 Å². The molecular formula is C18H20N4O4S. The highest BCUT2D eigenvalue weighted by Crippen LogP contribution is 2.35. The zero-order valence-corrected chi connectivity index (χ0v) is 15.5. The number of carbonyl (C=O) groups excluding carboxylic acids is 1. The van der Waals surface area contributed by atoms with Crippen LogP contribution in [0.1, 0.15) is 23.6 Å². The van der Waals surface area contributed by atoms with E-state index >= 15 is 0 Å². The maximum absolute atomic E-state index is 12.0. The van der Waals surface area contributed by atoms with Crippen LogP contribution < -0.4 is 15.9 Å². The van der Waals surface area contributed by atoms with Crippen LogP contribution in [0.5, 0.6) is 0 Å². The first-order valence-electron chi connectivity index (χ1n) is 8.20. The lowest BCUT2D eigenvalue weighted by Crippen LogP contribution is -2.19. The van der Waals surface area contributed by atoms with Crippen molar-refractivity contribution in [3.63, 3.8) is 0 Å². The van der Waals surface area contributed by atoms with Crippen molar-refractivity contribution in [3.05, 3.63) is 59.7 Å². The predicted molar refractivity (Wildman–Crippen MR) is 101 cm³/mol. The number of esters is 1. The fourth-order valence-electron chi connectivity index (χ4n) is 2.91. The summed E-state index contributed by atoms with van der Waals surface area (Å²) in [5.41, 5.74) is 8.52. The Morgan fingerprint density at radius 2 is 1.81 bits per heavy atom. The van der Waals surface area contributed by atoms with Crippen molar-refractivity contribution in [2.24, 2.45) is 16.0 Å². The van der Waals surface area contributed by atoms with Gasteiger partial charge in [-0.3, -0.25) is 5.01 Å². The summed E-state index contributed by atoms with van der Waals surface area (Å²) in [7, 11) is -2.48. The molecule has 2 aromatic rings. The molecule has 1 aliphatic rings. The third kappa shape index (κ3) is 4.00. The molecule has 1 heterocycles. The number of hydrogen-bond donors (Lipinski definition) is 2. The summed E-state index contributed by atoms with van der Waals surface area (Å²) in [6.45, 7) is 0.438. The minimum atomic E-state index is -3.78. The lowest BCUT2D eigenvalue weighted by Gasteiger charge is -2.24. The van der Waals surface area contributed by atoms with Crippen LogP contribution >= 0.6 is 0 Å². The molecule has 1 unspecified atom stereocenters. The summed E-state index contributed by atoms with van der Waals surface area (Å²) in [4.78, 5) is 12.0. The normalized spacial score (nSPS) is 16.9. The van der Waals surface area contributed by atoms with Gasteiger partial charge < -0.3 is 10.5 Å². The van der Waals surface area contributed by atoms with E-state index in [-0.39, 0.29) is 10.9 Å². The molecule has 0 fully saturated rings. The van der Waals surface area contributed by atoms with E-state index in [1.165, 1.54) is 19.2 Å². The van der Waals surface area contributed by atoms with Gasteiger partial charge in [-0.25, -0.2) is 18.4 Å². The molecule has 3 rings (SSSR count). The van der Waals surface area contributed by atoms with Crippen molar-refractivity contribution < 1.29 is 17.9 Å². The van der Waals surface area contributed by atoms with Crippen LogP contribution in [0, 0.1) is 0 Å². The van der Waals surface area contributed by atoms with Gasteiger partial charge in [0, 0.05) is 13.0 Å². The van der Waals surface area contributed by atoms with E-state index in [1.54, 1.807) is 17.1 Å². The number of sulfonamides is 1. The Morgan fingerprint density at radius 1 is 1.19 bits per heavy atom. The second-order valence-corrected chi connectivity index (χ2v) is 7.65. The van der Waals surface area contributed by atoms with Gasteiger partial charge in [-0.1, -0.05) is 24.3 Å². The Labute approximate surface area is 157 Å². The molecular weight excluding hydrogens is 368 g/mol. The number of ether oxygens (including phenoxy) is 1. The Morgan fingerprint density at radius 3 is 2.33 bits per heavy atom. The van der Waals surface area contributed by atoms with Crippen LogP contribution in [0.15, 0.2) is 58.5 Å². The van der Waals surface area contributed by atoms with E-state index < -0.39 is 16.0 Å². The molecule has 0 radical (unpaired) electrons. The number of nitrogens with zero attached hydrogens (tertiary/aromatic N) is 2. The molecule has 0 saturated carbocycles. The highest BCUT2D eigenvalue weighted by Gasteiger charge is 2.33. The number of methoxy groups -OCH3 is 1. The highest BCUT2D eigenvalue weighted by atomic mass is 32.2. The molecule has 0 saturated heterocycles. The third-order valence-electron chi connectivity index (χ3n) is 4.36. The number of nitrogens with two attached hydrogens (primary N) is 2. The maximum Gasteiger partial charge on any atom is 0.354 e. The molecule has 27 heavy (non-hydrogen) atoms. The molecule has 1 aliphatic heterocycles. The fraction of sp³-hybridized carbons (Fsp3) is 0.222. The summed E-state index contributed by atoms with van der Waals surface area (Å²) in [6, 6.07) is 13.5. The van der Waals surface area contributed by atoms with Crippen LogP contribution in [0.4, 0.5) is 5.69 Å². The van der Waals surface area contributed by atoms with Crippen LogP contribution in [0.3, 0.4) is 0 Å². The Kier molecular flexibility index (Phi) is 5.26. The van der Waals surface area contributed by atoms with Crippen LogP contribution in [0.2, 0.25) is 0 Å². The molecule has 4 N–H and O–H groups in total. The van der Waals surface area contributed by atoms with Crippen molar-refractivity contribution in [1.29, 1.82) is 0 Å². The second kappa shape index (κ2) is 7.47. The first-order chi connectivity index (χ1) is 12.8. The average Bonchev–Trinajstić information content (AvgIpc) is 3.12. The van der Waals surface area contributed by atoms with E-state index in [1.807, 2.05) is 24.3 Å². The number of carbonyl (C=O) groups is 1. The summed E-state index contributed by atoms with van der Waals surface area (Å²) >= 11 is 0. The molecule has 0 bridgehead atoms. The SMILES string of the molecule is COC(=O)C1=NN(c2ccc(S(N)(=O)=O)cc2)C(c2ccc(CN)cc2)C1. The first-order valence-corrected chi connectivity index (χ1v) is 9.75. The number of hydrogen-bond acceptors (Lipinski definition) is 7. The molecule has 2 aromatic carbocycles. The van der Waals surface area contributed by atoms with E-state index in [0.29, 0.717) is 24.4 Å². The molecule has 1 atom stereocenters. The van der Waals surface area contributed by atoms with Gasteiger partial charge in [-0.2, -0.15) is 5.10 Å². The van der Waals surface area contributed by atoms with Crippen LogP contribution in [-0.4, -0.2) is 27.2 Å². The van der Waals surface area contributed by atoms with Gasteiger partial charge in [0.25, 0.3) is 0 Å². The van der Waals surface area contributed by atoms with Gasteiger partial charge in [0.1, 0.15) is 5.71 Å². The van der Waals surface area contributed by atoms with Gasteiger partial charge in [0.2, 0.25) is 10.0 Å². The molecule has 9 heteroatoms. The lowest BCUT2D eigenvalue weighted by atomic mass is 10.00. The standard InChI is InChI=1S/C18H20N4O4S/c1-26-18(23)16-10-17(13-4-2-12(11-19)3-5-13)22(21-16)14-6-8-15(9-7-14)27(20,24)25/h2-9,17H,10-11,19H2,1H3,(H2,20,24,25). The van der Waals surface area contributed by atoms with Crippen molar-refractivity contribution in [2.75, 3.05) is 12.1 Å². The lowest BCUT2D eigenvalue weighted by molar-refractivity contribution is -0.132. The molecule has 8 nitrogen and oxygen atoms in total. The van der Waals surface area contributed by atoms with Gasteiger partial charge in [0.05, 0.1) is 23.7 Å². The number of rotatable bonds is 5. The van der Waals surface area contributed by atoms with Crippen molar-refractivity contribution in [1.82, 2.24) is 0 Å². The van der Waals surface area contributed by atoms with Gasteiger partial charge >= 0.3 is 5.97 Å². The Balaban J connectivity index is 1.98. The molecule has 142 valence electrons. The molecule has 0 aromatic heterocycles. The van der Waals surface area contributed by atoms with Crippen molar-refractivity contribution >= 4 is 27.4 Å². The first kappa shape index (κ1) is 19.0. The van der Waals surface area contributed by atoms with E-state index in [0.717, 1.165) is 11.1 Å². The van der Waals surface area contributed by atoms with Gasteiger partial charge in [0.15, 0.2) is 0 Å². The van der Waals surface area contributed by atoms with Gasteiger partial charge in [-0.05, 0) is 35.4 Å². The zero-order valence-electron chi connectivity index (χ0n) is 14.7. The van der Waals surface area contributed by atoms with Crippen molar-refractivity contribution in [3.8, 4) is 0 Å². The summed E-state index contributed by atoms with van der Waals surface area (Å²) < 4.78 is 27.7. The largest absolute Gasteiger partial charge is 0.464 e. The number of benzene rings is 2. The molecule has 0 aliphatic carbocycles. The Hall–Kier alpha value is -2.75. The topological polar surface area (TPSA) is 128 Å². The Bertz CT molecular complexity index is 969. The molecule has 0 amide bonds. The fourth-order valence-corrected chi connectivity index (χ4v) is 3.43.